The van der Waals surface area contributed by atoms with Crippen LogP contribution in [0.4, 0.5) is 0 Å². The number of likely N-dealkylation sites (N-methyl/N-ethyl adjacent to an activating group) is 1. The van der Waals surface area contributed by atoms with Crippen molar-refractivity contribution in [1.29, 1.82) is 0 Å². The van der Waals surface area contributed by atoms with Gasteiger partial charge in [0.05, 0.1) is 0 Å². The summed E-state index contributed by atoms with van der Waals surface area (Å²) in [7, 11) is 2.22. The van der Waals surface area contributed by atoms with Crippen molar-refractivity contribution in [1.82, 2.24) is 9.80 Å². The minimum Gasteiger partial charge on any atom is -0.325 e. The van der Waals surface area contributed by atoms with Gasteiger partial charge in [-0.2, -0.15) is 0 Å². The lowest BCUT2D eigenvalue weighted by molar-refractivity contribution is 0.0923. The lowest BCUT2D eigenvalue weighted by Crippen LogP contribution is -2.52. The maximum Gasteiger partial charge on any atom is 0.0195 e. The summed E-state index contributed by atoms with van der Waals surface area (Å²) in [4.78, 5) is 5.04. The zero-order valence-corrected chi connectivity index (χ0v) is 10.9. The number of piperazine rings is 1. The fourth-order valence-corrected chi connectivity index (χ4v) is 3.20. The summed E-state index contributed by atoms with van der Waals surface area (Å²) >= 11 is 0. The number of nitrogens with zero attached hydrogens (tertiary/aromatic N) is 2. The summed E-state index contributed by atoms with van der Waals surface area (Å²) in [6.07, 6.45) is 6.37. The van der Waals surface area contributed by atoms with Crippen molar-refractivity contribution in [3.8, 4) is 0 Å². The van der Waals surface area contributed by atoms with Crippen LogP contribution in [0, 0.1) is 0 Å². The van der Waals surface area contributed by atoms with E-state index < -0.39 is 0 Å². The number of rotatable bonds is 3. The molecule has 1 aliphatic carbocycles. The van der Waals surface area contributed by atoms with Crippen molar-refractivity contribution in [3.63, 3.8) is 0 Å². The van der Waals surface area contributed by atoms with Crippen LogP contribution >= 0.6 is 0 Å². The summed E-state index contributed by atoms with van der Waals surface area (Å²) in [5.41, 5.74) is 6.58. The highest BCUT2D eigenvalue weighted by Crippen LogP contribution is 2.30. The topological polar surface area (TPSA) is 32.5 Å². The Hall–Kier alpha value is -0.120. The molecule has 3 heteroatoms. The minimum absolute atomic E-state index is 0.170. The van der Waals surface area contributed by atoms with Crippen LogP contribution in [0.25, 0.3) is 0 Å². The van der Waals surface area contributed by atoms with E-state index in [1.165, 1.54) is 58.3 Å². The second-order valence-electron chi connectivity index (χ2n) is 5.97. The molecule has 0 spiro atoms. The highest BCUT2D eigenvalue weighted by Gasteiger charge is 2.30. The minimum atomic E-state index is 0.170. The van der Waals surface area contributed by atoms with E-state index >= 15 is 0 Å². The van der Waals surface area contributed by atoms with E-state index in [-0.39, 0.29) is 5.54 Å². The van der Waals surface area contributed by atoms with Crippen LogP contribution in [0.5, 0.6) is 0 Å². The van der Waals surface area contributed by atoms with Crippen LogP contribution in [-0.4, -0.2) is 54.6 Å². The van der Waals surface area contributed by atoms with E-state index in [0.29, 0.717) is 6.04 Å². The molecule has 1 unspecified atom stereocenters. The lowest BCUT2D eigenvalue weighted by Gasteiger charge is -2.39. The van der Waals surface area contributed by atoms with Crippen LogP contribution in [0.3, 0.4) is 0 Å². The van der Waals surface area contributed by atoms with Gasteiger partial charge in [-0.15, -0.1) is 0 Å². The van der Waals surface area contributed by atoms with Crippen molar-refractivity contribution in [3.05, 3.63) is 0 Å². The van der Waals surface area contributed by atoms with Gasteiger partial charge in [0.1, 0.15) is 0 Å². The van der Waals surface area contributed by atoms with Gasteiger partial charge in [0.25, 0.3) is 0 Å². The fourth-order valence-electron chi connectivity index (χ4n) is 3.20. The first-order valence-electron chi connectivity index (χ1n) is 6.81. The third kappa shape index (κ3) is 2.96. The Morgan fingerprint density at radius 1 is 1.25 bits per heavy atom. The van der Waals surface area contributed by atoms with Crippen molar-refractivity contribution in [2.24, 2.45) is 5.73 Å². The molecular weight excluding hydrogens is 198 g/mol. The molecule has 0 radical (unpaired) electrons. The summed E-state index contributed by atoms with van der Waals surface area (Å²) in [5.74, 6) is 0. The molecule has 1 saturated carbocycles. The number of nitrogens with two attached hydrogens (primary N) is 1. The van der Waals surface area contributed by atoms with Crippen LogP contribution in [0.2, 0.25) is 0 Å². The molecule has 0 aromatic heterocycles. The van der Waals surface area contributed by atoms with Crippen molar-refractivity contribution in [2.75, 3.05) is 33.2 Å². The molecule has 3 nitrogen and oxygen atoms in total. The molecule has 1 heterocycles. The standard InChI is InChI=1S/C13H27N3/c1-12-11-15(2)9-10-16(12)8-7-13(14)5-3-4-6-13/h12H,3-11,14H2,1-2H3. The van der Waals surface area contributed by atoms with E-state index in [1.54, 1.807) is 0 Å². The Kier molecular flexibility index (Phi) is 3.88. The van der Waals surface area contributed by atoms with E-state index in [0.717, 1.165) is 0 Å². The largest absolute Gasteiger partial charge is 0.325 e. The molecule has 0 bridgehead atoms. The molecule has 1 aliphatic heterocycles. The highest BCUT2D eigenvalue weighted by atomic mass is 15.3. The normalized spacial score (nSPS) is 32.1. The van der Waals surface area contributed by atoms with Crippen LogP contribution < -0.4 is 5.73 Å². The monoisotopic (exact) mass is 225 g/mol. The van der Waals surface area contributed by atoms with Gasteiger partial charge in [-0.1, -0.05) is 12.8 Å². The summed E-state index contributed by atoms with van der Waals surface area (Å²) in [6, 6.07) is 0.698. The Morgan fingerprint density at radius 3 is 2.56 bits per heavy atom. The predicted octanol–water partition coefficient (Wildman–Crippen LogP) is 1.28. The summed E-state index contributed by atoms with van der Waals surface area (Å²) in [5, 5.41) is 0. The molecule has 1 atom stereocenters. The van der Waals surface area contributed by atoms with Gasteiger partial charge in [0.2, 0.25) is 0 Å². The van der Waals surface area contributed by atoms with E-state index in [1.807, 2.05) is 0 Å². The Bertz CT molecular complexity index is 223. The second-order valence-corrected chi connectivity index (χ2v) is 5.97. The molecule has 2 N–H and O–H groups in total. The molecule has 2 aliphatic rings. The molecule has 0 aromatic rings. The van der Waals surface area contributed by atoms with Gasteiger partial charge in [0, 0.05) is 37.8 Å². The summed E-state index contributed by atoms with van der Waals surface area (Å²) in [6.45, 7) is 7.17. The zero-order chi connectivity index (χ0) is 11.6. The lowest BCUT2D eigenvalue weighted by atomic mass is 9.94. The Labute approximate surface area is 100.0 Å². The first-order valence-corrected chi connectivity index (χ1v) is 6.81. The fraction of sp³-hybridized carbons (Fsp3) is 1.00. The van der Waals surface area contributed by atoms with E-state index in [9.17, 15) is 0 Å². The van der Waals surface area contributed by atoms with Gasteiger partial charge in [-0.3, -0.25) is 4.90 Å². The number of hydrogen-bond donors (Lipinski definition) is 1. The van der Waals surface area contributed by atoms with Crippen LogP contribution in [-0.2, 0) is 0 Å². The van der Waals surface area contributed by atoms with Gasteiger partial charge in [-0.05, 0) is 33.2 Å². The molecule has 2 rings (SSSR count). The predicted molar refractivity (Wildman–Crippen MR) is 68.5 cm³/mol. The maximum absolute atomic E-state index is 6.41. The third-order valence-electron chi connectivity index (χ3n) is 4.46. The maximum atomic E-state index is 6.41. The first-order chi connectivity index (χ1) is 7.59. The second kappa shape index (κ2) is 5.03. The van der Waals surface area contributed by atoms with E-state index in [2.05, 4.69) is 23.8 Å². The molecule has 16 heavy (non-hydrogen) atoms. The first kappa shape index (κ1) is 12.3. The molecule has 94 valence electrons. The molecule has 1 saturated heterocycles. The van der Waals surface area contributed by atoms with Gasteiger partial charge < -0.3 is 10.6 Å². The van der Waals surface area contributed by atoms with Crippen molar-refractivity contribution >= 4 is 0 Å². The molecule has 0 amide bonds. The van der Waals surface area contributed by atoms with Gasteiger partial charge in [-0.25, -0.2) is 0 Å². The molecule has 0 aromatic carbocycles. The smallest absolute Gasteiger partial charge is 0.0195 e. The third-order valence-corrected chi connectivity index (χ3v) is 4.46. The SMILES string of the molecule is CC1CN(C)CCN1CCC1(N)CCCC1. The van der Waals surface area contributed by atoms with E-state index in [4.69, 9.17) is 5.73 Å². The molecular formula is C13H27N3. The van der Waals surface area contributed by atoms with Gasteiger partial charge in [0.15, 0.2) is 0 Å². The Balaban J connectivity index is 1.77. The van der Waals surface area contributed by atoms with Crippen molar-refractivity contribution < 1.29 is 0 Å². The van der Waals surface area contributed by atoms with Gasteiger partial charge >= 0.3 is 0 Å². The molecule has 2 fully saturated rings. The van der Waals surface area contributed by atoms with Crippen LogP contribution in [0.1, 0.15) is 39.0 Å². The average molecular weight is 225 g/mol. The average Bonchev–Trinajstić information content (AvgIpc) is 2.64. The summed E-state index contributed by atoms with van der Waals surface area (Å²) < 4.78 is 0. The zero-order valence-electron chi connectivity index (χ0n) is 10.9. The Morgan fingerprint density at radius 2 is 1.94 bits per heavy atom. The van der Waals surface area contributed by atoms with Crippen molar-refractivity contribution in [2.45, 2.75) is 50.6 Å². The highest BCUT2D eigenvalue weighted by molar-refractivity contribution is 4.90. The quantitative estimate of drug-likeness (QED) is 0.785. The number of hydrogen-bond acceptors (Lipinski definition) is 3. The van der Waals surface area contributed by atoms with Crippen LogP contribution in [0.15, 0.2) is 0 Å².